The van der Waals surface area contributed by atoms with Gasteiger partial charge in [-0.25, -0.2) is 8.42 Å². The van der Waals surface area contributed by atoms with E-state index in [4.69, 9.17) is 0 Å². The Morgan fingerprint density at radius 3 is 2.09 bits per heavy atom. The third-order valence-electron chi connectivity index (χ3n) is 5.42. The van der Waals surface area contributed by atoms with Gasteiger partial charge in [0.25, 0.3) is 10.0 Å². The molecule has 1 aliphatic rings. The third kappa shape index (κ3) is 5.09. The minimum absolute atomic E-state index is 0.0416. The van der Waals surface area contributed by atoms with E-state index in [1.54, 1.807) is 72.8 Å². The van der Waals surface area contributed by atoms with Gasteiger partial charge < -0.3 is 5.32 Å². The van der Waals surface area contributed by atoms with Crippen molar-refractivity contribution in [3.8, 4) is 0 Å². The molecule has 3 aromatic rings. The maximum atomic E-state index is 13.8. The van der Waals surface area contributed by atoms with Gasteiger partial charge in [0, 0.05) is 26.7 Å². The van der Waals surface area contributed by atoms with Gasteiger partial charge in [0.15, 0.2) is 5.78 Å². The Kier molecular flexibility index (Phi) is 6.71. The van der Waals surface area contributed by atoms with Crippen molar-refractivity contribution in [3.05, 3.63) is 106 Å². The average molecular weight is 553 g/mol. The minimum atomic E-state index is -4.20. The molecule has 4 rings (SSSR count). The van der Waals surface area contributed by atoms with E-state index in [9.17, 15) is 18.0 Å². The molecule has 1 heterocycles. The van der Waals surface area contributed by atoms with E-state index in [2.05, 4.69) is 21.2 Å². The summed E-state index contributed by atoms with van der Waals surface area (Å²) in [6, 6.07) is 21.7. The first-order chi connectivity index (χ1) is 16.5. The summed E-state index contributed by atoms with van der Waals surface area (Å²) < 4.78 is 29.4. The molecule has 0 radical (unpaired) electrons. The molecular formula is C27H25BrN2O4S. The van der Waals surface area contributed by atoms with Crippen molar-refractivity contribution < 1.29 is 18.0 Å². The molecule has 180 valence electrons. The van der Waals surface area contributed by atoms with Crippen molar-refractivity contribution in [1.82, 2.24) is 9.62 Å². The molecule has 0 fully saturated rings. The zero-order valence-corrected chi connectivity index (χ0v) is 22.0. The molecule has 0 spiro atoms. The Balaban J connectivity index is 1.95. The number of sulfonamides is 1. The van der Waals surface area contributed by atoms with Crippen LogP contribution in [-0.2, 0) is 10.0 Å². The third-order valence-corrected chi connectivity index (χ3v) is 7.75. The maximum Gasteiger partial charge on any atom is 0.265 e. The largest absolute Gasteiger partial charge is 0.378 e. The number of hydrogen-bond donors (Lipinski definition) is 1. The number of nitrogens with zero attached hydrogens (tertiary/aromatic N) is 1. The lowest BCUT2D eigenvalue weighted by atomic mass is 9.99. The van der Waals surface area contributed by atoms with Crippen LogP contribution in [0.3, 0.4) is 0 Å². The van der Waals surface area contributed by atoms with E-state index >= 15 is 0 Å². The van der Waals surface area contributed by atoms with Crippen LogP contribution >= 0.6 is 15.9 Å². The van der Waals surface area contributed by atoms with Gasteiger partial charge in [-0.3, -0.25) is 13.9 Å². The summed E-state index contributed by atoms with van der Waals surface area (Å²) in [6.45, 7) is 5.26. The second-order valence-electron chi connectivity index (χ2n) is 9.23. The van der Waals surface area contributed by atoms with E-state index in [1.165, 1.54) is 6.07 Å². The molecule has 1 N–H and O–H groups in total. The Morgan fingerprint density at radius 2 is 1.46 bits per heavy atom. The molecule has 1 aliphatic heterocycles. The Hall–Kier alpha value is -3.23. The fourth-order valence-corrected chi connectivity index (χ4v) is 5.77. The van der Waals surface area contributed by atoms with Gasteiger partial charge in [-0.2, -0.15) is 0 Å². The molecule has 3 aromatic carbocycles. The van der Waals surface area contributed by atoms with Crippen molar-refractivity contribution in [1.29, 1.82) is 0 Å². The first-order valence-electron chi connectivity index (χ1n) is 11.0. The zero-order valence-electron chi connectivity index (χ0n) is 19.6. The van der Waals surface area contributed by atoms with Crippen molar-refractivity contribution >= 4 is 43.2 Å². The number of hydrogen-bond acceptors (Lipinski definition) is 5. The number of nitrogens with one attached hydrogen (secondary N) is 1. The number of carbonyl (C=O) groups excluding carboxylic acids is 2. The van der Waals surface area contributed by atoms with Gasteiger partial charge in [-0.15, -0.1) is 0 Å². The fraction of sp³-hybridized carbons (Fsp3) is 0.185. The number of benzene rings is 3. The van der Waals surface area contributed by atoms with Crippen LogP contribution in [0.2, 0.25) is 0 Å². The number of ketones is 2. The summed E-state index contributed by atoms with van der Waals surface area (Å²) in [7, 11) is -4.20. The number of allylic oxidation sites excluding steroid dienone is 1. The van der Waals surface area contributed by atoms with Crippen LogP contribution in [0, 0.1) is 0 Å². The normalized spacial score (nSPS) is 14.9. The highest BCUT2D eigenvalue weighted by Gasteiger charge is 2.41. The van der Waals surface area contributed by atoms with Gasteiger partial charge in [0.05, 0.1) is 17.1 Å². The monoisotopic (exact) mass is 552 g/mol. The van der Waals surface area contributed by atoms with Crippen molar-refractivity contribution in [3.63, 3.8) is 0 Å². The van der Waals surface area contributed by atoms with Crippen LogP contribution in [-0.4, -0.2) is 36.4 Å². The summed E-state index contributed by atoms with van der Waals surface area (Å²) in [4.78, 5) is 27.1. The second-order valence-corrected chi connectivity index (χ2v) is 12.0. The summed E-state index contributed by atoms with van der Waals surface area (Å²) in [5.41, 5.74) is 0.878. The molecule has 0 saturated heterocycles. The molecule has 8 heteroatoms. The van der Waals surface area contributed by atoms with Gasteiger partial charge in [-0.1, -0.05) is 76.6 Å². The molecule has 0 saturated carbocycles. The maximum absolute atomic E-state index is 13.8. The Bertz CT molecular complexity index is 1420. The molecular weight excluding hydrogens is 528 g/mol. The van der Waals surface area contributed by atoms with E-state index in [0.717, 1.165) is 8.78 Å². The summed E-state index contributed by atoms with van der Waals surface area (Å²) in [5.74, 6) is -0.909. The number of rotatable bonds is 6. The van der Waals surface area contributed by atoms with Crippen molar-refractivity contribution in [2.24, 2.45) is 0 Å². The van der Waals surface area contributed by atoms with Gasteiger partial charge in [0.2, 0.25) is 5.78 Å². The quantitative estimate of drug-likeness (QED) is 0.421. The van der Waals surface area contributed by atoms with E-state index < -0.39 is 33.7 Å². The standard InChI is InChI=1S/C27H25BrN2O4S/c1-27(2,3)29-24-21-11-7-8-12-23(21)35(33,34)30(17-22(31)18-13-15-20(28)16-14-18)25(24)26(32)19-9-5-4-6-10-19/h4-16,29H,17H2,1-3H3. The van der Waals surface area contributed by atoms with Crippen LogP contribution in [0.4, 0.5) is 0 Å². The van der Waals surface area contributed by atoms with E-state index in [1.807, 2.05) is 20.8 Å². The fourth-order valence-electron chi connectivity index (χ4n) is 3.87. The predicted molar refractivity (Wildman–Crippen MR) is 139 cm³/mol. The summed E-state index contributed by atoms with van der Waals surface area (Å²) >= 11 is 3.34. The highest BCUT2D eigenvalue weighted by Crippen LogP contribution is 2.38. The number of Topliss-reactive ketones (excluding diaryl/α,β-unsaturated/α-hetero) is 2. The van der Waals surface area contributed by atoms with Crippen LogP contribution in [0.1, 0.15) is 47.1 Å². The SMILES string of the molecule is CC(C)(C)NC1=C(C(=O)c2ccccc2)N(CC(=O)c2ccc(Br)cc2)S(=O)(=O)c2ccccc21. The second kappa shape index (κ2) is 9.43. The first kappa shape index (κ1) is 24.9. The molecule has 35 heavy (non-hydrogen) atoms. The van der Waals surface area contributed by atoms with Crippen LogP contribution in [0.15, 0.2) is 93.9 Å². The van der Waals surface area contributed by atoms with Gasteiger partial charge in [-0.05, 0) is 39.0 Å². The molecule has 0 aliphatic carbocycles. The average Bonchev–Trinajstić information content (AvgIpc) is 2.82. The molecule has 0 bridgehead atoms. The number of halogens is 1. The van der Waals surface area contributed by atoms with Crippen LogP contribution < -0.4 is 5.32 Å². The molecule has 6 nitrogen and oxygen atoms in total. The van der Waals surface area contributed by atoms with E-state index in [0.29, 0.717) is 22.4 Å². The molecule has 0 atom stereocenters. The molecule has 0 aromatic heterocycles. The number of fused-ring (bicyclic) bond motifs is 1. The van der Waals surface area contributed by atoms with Gasteiger partial charge >= 0.3 is 0 Å². The van der Waals surface area contributed by atoms with Crippen LogP contribution in [0.5, 0.6) is 0 Å². The molecule has 0 amide bonds. The van der Waals surface area contributed by atoms with Crippen molar-refractivity contribution in [2.75, 3.05) is 6.54 Å². The lowest BCUT2D eigenvalue weighted by molar-refractivity contribution is 0.0958. The Labute approximate surface area is 213 Å². The molecule has 0 unspecified atom stereocenters. The summed E-state index contributed by atoms with van der Waals surface area (Å²) in [5, 5.41) is 3.34. The van der Waals surface area contributed by atoms with Crippen LogP contribution in [0.25, 0.3) is 5.70 Å². The highest BCUT2D eigenvalue weighted by molar-refractivity contribution is 9.10. The first-order valence-corrected chi connectivity index (χ1v) is 13.3. The summed E-state index contributed by atoms with van der Waals surface area (Å²) in [6.07, 6.45) is 0. The van der Waals surface area contributed by atoms with Gasteiger partial charge in [0.1, 0.15) is 5.70 Å². The lowest BCUT2D eigenvalue weighted by Crippen LogP contribution is -2.45. The van der Waals surface area contributed by atoms with Crippen molar-refractivity contribution in [2.45, 2.75) is 31.2 Å². The minimum Gasteiger partial charge on any atom is -0.378 e. The highest BCUT2D eigenvalue weighted by atomic mass is 79.9. The number of carbonyl (C=O) groups is 2. The topological polar surface area (TPSA) is 83.6 Å². The van der Waals surface area contributed by atoms with E-state index in [-0.39, 0.29) is 10.6 Å². The Morgan fingerprint density at radius 1 is 0.857 bits per heavy atom. The zero-order chi connectivity index (χ0) is 25.4. The smallest absolute Gasteiger partial charge is 0.265 e. The predicted octanol–water partition coefficient (Wildman–Crippen LogP) is 5.28. The lowest BCUT2D eigenvalue weighted by Gasteiger charge is -2.36.